The van der Waals surface area contributed by atoms with Crippen LogP contribution in [0, 0.1) is 6.92 Å². The number of nitrogens with one attached hydrogen (secondary N) is 1. The van der Waals surface area contributed by atoms with Gasteiger partial charge in [0.05, 0.1) is 29.3 Å². The van der Waals surface area contributed by atoms with Gasteiger partial charge < -0.3 is 5.32 Å². The van der Waals surface area contributed by atoms with Crippen LogP contribution in [0.4, 0.5) is 5.82 Å². The molecule has 0 saturated heterocycles. The molecule has 0 fully saturated rings. The highest BCUT2D eigenvalue weighted by Crippen LogP contribution is 2.19. The molecule has 3 aromatic rings. The van der Waals surface area contributed by atoms with Crippen LogP contribution >= 0.6 is 15.9 Å². The highest BCUT2D eigenvalue weighted by atomic mass is 79.9. The van der Waals surface area contributed by atoms with Crippen molar-refractivity contribution in [3.8, 4) is 5.69 Å². The Morgan fingerprint density at radius 3 is 2.54 bits per heavy atom. The molecule has 6 nitrogen and oxygen atoms in total. The van der Waals surface area contributed by atoms with Gasteiger partial charge >= 0.3 is 0 Å². The van der Waals surface area contributed by atoms with E-state index in [2.05, 4.69) is 31.4 Å². The maximum Gasteiger partial charge on any atom is 0.260 e. The minimum absolute atomic E-state index is 0.168. The Labute approximate surface area is 148 Å². The molecular formula is C17H18BrN5O. The fourth-order valence-electron chi connectivity index (χ4n) is 2.48. The van der Waals surface area contributed by atoms with Crippen molar-refractivity contribution in [3.05, 3.63) is 58.5 Å². The molecule has 0 saturated carbocycles. The smallest absolute Gasteiger partial charge is 0.260 e. The molecule has 124 valence electrons. The zero-order chi connectivity index (χ0) is 17.3. The van der Waals surface area contributed by atoms with Gasteiger partial charge in [-0.15, -0.1) is 0 Å². The number of aromatic nitrogens is 4. The number of benzene rings is 1. The SMILES string of the molecule is Cc1c(C(=O)Nc2ccnn2C(C)C)cnn1-c1ccc(Br)cc1. The molecule has 2 heterocycles. The van der Waals surface area contributed by atoms with Crippen molar-refractivity contribution in [2.75, 3.05) is 5.32 Å². The third kappa shape index (κ3) is 3.12. The molecular weight excluding hydrogens is 370 g/mol. The molecule has 0 unspecified atom stereocenters. The summed E-state index contributed by atoms with van der Waals surface area (Å²) in [6, 6.07) is 9.72. The van der Waals surface area contributed by atoms with Crippen molar-refractivity contribution >= 4 is 27.7 Å². The second kappa shape index (κ2) is 6.60. The molecule has 24 heavy (non-hydrogen) atoms. The van der Waals surface area contributed by atoms with Gasteiger partial charge in [0.25, 0.3) is 5.91 Å². The molecule has 1 amide bonds. The van der Waals surface area contributed by atoms with E-state index in [-0.39, 0.29) is 11.9 Å². The zero-order valence-electron chi connectivity index (χ0n) is 13.7. The molecule has 0 aliphatic rings. The Hall–Kier alpha value is -2.41. The fraction of sp³-hybridized carbons (Fsp3) is 0.235. The normalized spacial score (nSPS) is 11.0. The topological polar surface area (TPSA) is 64.7 Å². The van der Waals surface area contributed by atoms with E-state index in [1.54, 1.807) is 27.8 Å². The Morgan fingerprint density at radius 2 is 1.88 bits per heavy atom. The van der Waals surface area contributed by atoms with Gasteiger partial charge in [0, 0.05) is 16.6 Å². The van der Waals surface area contributed by atoms with E-state index in [9.17, 15) is 4.79 Å². The number of amides is 1. The van der Waals surface area contributed by atoms with Gasteiger partial charge in [-0.2, -0.15) is 10.2 Å². The molecule has 0 aliphatic carbocycles. The van der Waals surface area contributed by atoms with Gasteiger partial charge in [-0.1, -0.05) is 15.9 Å². The third-order valence-electron chi connectivity index (χ3n) is 3.73. The first-order chi connectivity index (χ1) is 11.5. The first kappa shape index (κ1) is 16.4. The van der Waals surface area contributed by atoms with Crippen LogP contribution in [0.3, 0.4) is 0 Å². The summed E-state index contributed by atoms with van der Waals surface area (Å²) in [7, 11) is 0. The maximum atomic E-state index is 12.6. The molecule has 0 radical (unpaired) electrons. The number of carbonyl (C=O) groups excluding carboxylic acids is 1. The lowest BCUT2D eigenvalue weighted by atomic mass is 10.2. The van der Waals surface area contributed by atoms with E-state index in [0.29, 0.717) is 11.4 Å². The number of hydrogen-bond acceptors (Lipinski definition) is 3. The first-order valence-electron chi connectivity index (χ1n) is 7.63. The van der Waals surface area contributed by atoms with Gasteiger partial charge in [0.1, 0.15) is 5.82 Å². The van der Waals surface area contributed by atoms with E-state index in [0.717, 1.165) is 15.9 Å². The van der Waals surface area contributed by atoms with Gasteiger partial charge in [-0.05, 0) is 45.0 Å². The van der Waals surface area contributed by atoms with Crippen LogP contribution in [0.15, 0.2) is 47.2 Å². The second-order valence-corrected chi connectivity index (χ2v) is 6.66. The first-order valence-corrected chi connectivity index (χ1v) is 8.42. The van der Waals surface area contributed by atoms with Crippen LogP contribution in [0.2, 0.25) is 0 Å². The number of hydrogen-bond donors (Lipinski definition) is 1. The largest absolute Gasteiger partial charge is 0.307 e. The van der Waals surface area contributed by atoms with Crippen LogP contribution in [0.1, 0.15) is 35.9 Å². The summed E-state index contributed by atoms with van der Waals surface area (Å²) < 4.78 is 4.52. The summed E-state index contributed by atoms with van der Waals surface area (Å²) in [5.74, 6) is 0.476. The number of anilines is 1. The summed E-state index contributed by atoms with van der Waals surface area (Å²) in [4.78, 5) is 12.6. The van der Waals surface area contributed by atoms with Gasteiger partial charge in [0.15, 0.2) is 0 Å². The third-order valence-corrected chi connectivity index (χ3v) is 4.26. The highest BCUT2D eigenvalue weighted by Gasteiger charge is 2.17. The summed E-state index contributed by atoms with van der Waals surface area (Å²) in [6.45, 7) is 5.91. The quantitative estimate of drug-likeness (QED) is 0.736. The van der Waals surface area contributed by atoms with Crippen molar-refractivity contribution in [3.63, 3.8) is 0 Å². The molecule has 0 bridgehead atoms. The van der Waals surface area contributed by atoms with E-state index >= 15 is 0 Å². The van der Waals surface area contributed by atoms with Crippen molar-refractivity contribution in [2.24, 2.45) is 0 Å². The maximum absolute atomic E-state index is 12.6. The Bertz CT molecular complexity index is 863. The molecule has 1 aromatic carbocycles. The van der Waals surface area contributed by atoms with Crippen LogP contribution in [-0.2, 0) is 0 Å². The molecule has 0 aliphatic heterocycles. The lowest BCUT2D eigenvalue weighted by Gasteiger charge is -2.11. The molecule has 0 spiro atoms. The van der Waals surface area contributed by atoms with Crippen molar-refractivity contribution < 1.29 is 4.79 Å². The molecule has 1 N–H and O–H groups in total. The number of carbonyl (C=O) groups is 1. The minimum Gasteiger partial charge on any atom is -0.307 e. The van der Waals surface area contributed by atoms with E-state index in [4.69, 9.17) is 0 Å². The Balaban J connectivity index is 1.86. The van der Waals surface area contributed by atoms with Crippen LogP contribution in [0.5, 0.6) is 0 Å². The number of halogens is 1. The van der Waals surface area contributed by atoms with E-state index in [1.165, 1.54) is 0 Å². The fourth-order valence-corrected chi connectivity index (χ4v) is 2.75. The molecule has 3 rings (SSSR count). The van der Waals surface area contributed by atoms with Crippen LogP contribution in [-0.4, -0.2) is 25.5 Å². The summed E-state index contributed by atoms with van der Waals surface area (Å²) in [6.07, 6.45) is 3.26. The Kier molecular flexibility index (Phi) is 4.53. The van der Waals surface area contributed by atoms with Crippen molar-refractivity contribution in [1.82, 2.24) is 19.6 Å². The van der Waals surface area contributed by atoms with E-state index in [1.807, 2.05) is 45.0 Å². The molecule has 0 atom stereocenters. The summed E-state index contributed by atoms with van der Waals surface area (Å²) >= 11 is 3.41. The second-order valence-electron chi connectivity index (χ2n) is 5.74. The average Bonchev–Trinajstić information content (AvgIpc) is 3.15. The van der Waals surface area contributed by atoms with Gasteiger partial charge in [-0.3, -0.25) is 4.79 Å². The predicted octanol–water partition coefficient (Wildman–Crippen LogP) is 3.97. The lowest BCUT2D eigenvalue weighted by Crippen LogP contribution is -2.17. The van der Waals surface area contributed by atoms with Crippen molar-refractivity contribution in [2.45, 2.75) is 26.8 Å². The molecule has 2 aromatic heterocycles. The lowest BCUT2D eigenvalue weighted by molar-refractivity contribution is 0.102. The van der Waals surface area contributed by atoms with Crippen molar-refractivity contribution in [1.29, 1.82) is 0 Å². The van der Waals surface area contributed by atoms with Gasteiger partial charge in [0.2, 0.25) is 0 Å². The standard InChI is InChI=1S/C17H18BrN5O/c1-11(2)22-16(8-9-19-22)21-17(24)15-10-20-23(12(15)3)14-6-4-13(18)5-7-14/h4-11H,1-3H3,(H,21,24). The summed E-state index contributed by atoms with van der Waals surface area (Å²) in [5.41, 5.74) is 2.22. The number of rotatable bonds is 4. The predicted molar refractivity (Wildman–Crippen MR) is 96.6 cm³/mol. The number of nitrogens with zero attached hydrogens (tertiary/aromatic N) is 4. The molecule has 7 heteroatoms. The van der Waals surface area contributed by atoms with Crippen LogP contribution < -0.4 is 5.32 Å². The average molecular weight is 388 g/mol. The van der Waals surface area contributed by atoms with E-state index < -0.39 is 0 Å². The van der Waals surface area contributed by atoms with Gasteiger partial charge in [-0.25, -0.2) is 9.36 Å². The summed E-state index contributed by atoms with van der Waals surface area (Å²) in [5, 5.41) is 11.5. The zero-order valence-corrected chi connectivity index (χ0v) is 15.3. The van der Waals surface area contributed by atoms with Crippen LogP contribution in [0.25, 0.3) is 5.69 Å². The minimum atomic E-state index is -0.196. The monoisotopic (exact) mass is 387 g/mol. The highest BCUT2D eigenvalue weighted by molar-refractivity contribution is 9.10. The Morgan fingerprint density at radius 1 is 1.17 bits per heavy atom.